The summed E-state index contributed by atoms with van der Waals surface area (Å²) in [6.07, 6.45) is 32.6. The van der Waals surface area contributed by atoms with Gasteiger partial charge in [-0.25, -0.2) is 0 Å². The van der Waals surface area contributed by atoms with Crippen molar-refractivity contribution in [1.29, 1.82) is 0 Å². The fourth-order valence-corrected chi connectivity index (χ4v) is 4.57. The lowest BCUT2D eigenvalue weighted by molar-refractivity contribution is -1.06. The zero-order chi connectivity index (χ0) is 22.0. The topological polar surface area (TPSA) is 29.5 Å². The third-order valence-electron chi connectivity index (χ3n) is 6.51. The Bertz CT molecular complexity index is 570. The van der Waals surface area contributed by atoms with Gasteiger partial charge in [-0.3, -0.25) is 9.69 Å². The van der Waals surface area contributed by atoms with Crippen molar-refractivity contribution in [3.63, 3.8) is 0 Å². The van der Waals surface area contributed by atoms with E-state index in [-0.39, 0.29) is 5.91 Å². The first kappa shape index (κ1) is 25.7. The number of hydrogen-bond donors (Lipinski definition) is 0. The van der Waals surface area contributed by atoms with Crippen LogP contribution in [-0.4, -0.2) is 35.2 Å². The Morgan fingerprint density at radius 1 is 0.806 bits per heavy atom. The van der Waals surface area contributed by atoms with Gasteiger partial charge in [0.25, 0.3) is 0 Å². The molecule has 1 fully saturated rings. The van der Waals surface area contributed by atoms with Crippen LogP contribution in [0.3, 0.4) is 0 Å². The molecule has 0 aromatic rings. The molecule has 176 valence electrons. The number of amides is 1. The average molecular weight is 432 g/mol. The van der Waals surface area contributed by atoms with Crippen LogP contribution in [0.4, 0.5) is 0 Å². The van der Waals surface area contributed by atoms with E-state index < -0.39 is 0 Å². The van der Waals surface area contributed by atoms with E-state index in [1.165, 1.54) is 83.5 Å². The van der Waals surface area contributed by atoms with E-state index in [0.29, 0.717) is 17.7 Å². The molecule has 0 aromatic heterocycles. The summed E-state index contributed by atoms with van der Waals surface area (Å²) in [6, 6.07) is 0. The summed E-state index contributed by atoms with van der Waals surface area (Å²) >= 11 is 0. The molecule has 31 heavy (non-hydrogen) atoms. The van der Waals surface area contributed by atoms with Crippen molar-refractivity contribution in [3.05, 3.63) is 36.8 Å². The van der Waals surface area contributed by atoms with Gasteiger partial charge in [0.15, 0.2) is 12.9 Å². The number of hydroxylamine groups is 3. The number of likely N-dealkylation sites (tertiary alicyclic amines) is 1. The van der Waals surface area contributed by atoms with Crippen LogP contribution < -0.4 is 0 Å². The highest BCUT2D eigenvalue weighted by molar-refractivity contribution is 5.77. The smallest absolute Gasteiger partial charge is 0.227 e. The molecule has 2 heterocycles. The van der Waals surface area contributed by atoms with E-state index in [1.54, 1.807) is 6.26 Å². The number of rotatable bonds is 17. The molecule has 0 N–H and O–H groups in total. The number of quaternary nitrogens is 1. The Hall–Kier alpha value is -1.55. The highest BCUT2D eigenvalue weighted by Crippen LogP contribution is 2.21. The molecule has 0 bridgehead atoms. The van der Waals surface area contributed by atoms with Gasteiger partial charge in [-0.15, -0.1) is 0 Å². The van der Waals surface area contributed by atoms with Crippen LogP contribution in [0.5, 0.6) is 0 Å². The van der Waals surface area contributed by atoms with Crippen molar-refractivity contribution in [2.75, 3.05) is 19.8 Å². The maximum atomic E-state index is 12.1. The highest BCUT2D eigenvalue weighted by Gasteiger charge is 2.34. The highest BCUT2D eigenvalue weighted by atomic mass is 16.7. The molecule has 1 atom stereocenters. The Balaban J connectivity index is 1.57. The predicted molar refractivity (Wildman–Crippen MR) is 130 cm³/mol. The number of allylic oxidation sites excluding steroid dienone is 4. The van der Waals surface area contributed by atoms with Crippen LogP contribution in [0.15, 0.2) is 36.8 Å². The summed E-state index contributed by atoms with van der Waals surface area (Å²) in [4.78, 5) is 20.2. The van der Waals surface area contributed by atoms with Crippen molar-refractivity contribution in [2.24, 2.45) is 0 Å². The molecule has 1 saturated heterocycles. The van der Waals surface area contributed by atoms with E-state index >= 15 is 0 Å². The Kier molecular flexibility index (Phi) is 13.4. The summed E-state index contributed by atoms with van der Waals surface area (Å²) in [5, 5.41) is 0. The molecule has 2 rings (SSSR count). The van der Waals surface area contributed by atoms with Crippen molar-refractivity contribution in [3.8, 4) is 0 Å². The van der Waals surface area contributed by atoms with E-state index in [4.69, 9.17) is 4.84 Å². The molecule has 0 saturated carbocycles. The molecular formula is C27H47N2O2+. The molecule has 2 aliphatic heterocycles. The van der Waals surface area contributed by atoms with Gasteiger partial charge >= 0.3 is 0 Å². The fourth-order valence-electron chi connectivity index (χ4n) is 4.57. The van der Waals surface area contributed by atoms with E-state index in [0.717, 1.165) is 25.9 Å². The van der Waals surface area contributed by atoms with Crippen LogP contribution in [-0.2, 0) is 9.63 Å². The van der Waals surface area contributed by atoms with Crippen molar-refractivity contribution in [1.82, 2.24) is 4.90 Å². The van der Waals surface area contributed by atoms with Crippen molar-refractivity contribution < 1.29 is 14.3 Å². The monoisotopic (exact) mass is 431 g/mol. The van der Waals surface area contributed by atoms with Gasteiger partial charge in [0.1, 0.15) is 12.7 Å². The summed E-state index contributed by atoms with van der Waals surface area (Å²) in [5.74, 6) is 0.261. The first-order valence-electron chi connectivity index (χ1n) is 13.1. The SMILES string of the molecule is CCCCCCCCCCCCCCCC[N+]1(CN2CCCC2=O)C=CC=CC=CO1. The van der Waals surface area contributed by atoms with Crippen molar-refractivity contribution >= 4 is 5.91 Å². The molecular weight excluding hydrogens is 384 g/mol. The number of carbonyl (C=O) groups excluding carboxylic acids is 1. The lowest BCUT2D eigenvalue weighted by Gasteiger charge is -2.34. The molecule has 1 amide bonds. The van der Waals surface area contributed by atoms with Crippen LogP contribution in [0.1, 0.15) is 110 Å². The maximum absolute atomic E-state index is 12.1. The molecule has 0 aromatic carbocycles. The summed E-state index contributed by atoms with van der Waals surface area (Å²) in [5.41, 5.74) is 0. The standard InChI is InChI=1S/C27H47N2O2/c1-2-3-4-5-6-7-8-9-10-11-12-13-14-17-23-29(24-18-15-16-19-25-31-29)26-28-22-20-21-27(28)30/h15-16,18-19,24-25H,2-14,17,20-23,26H2,1H3/q+1. The third-order valence-corrected chi connectivity index (χ3v) is 6.51. The molecule has 4 heteroatoms. The molecule has 1 unspecified atom stereocenters. The van der Waals surface area contributed by atoms with Gasteiger partial charge in [0.2, 0.25) is 5.91 Å². The zero-order valence-corrected chi connectivity index (χ0v) is 20.1. The van der Waals surface area contributed by atoms with Gasteiger partial charge in [0, 0.05) is 19.4 Å². The largest absolute Gasteiger partial charge is 0.317 e. The van der Waals surface area contributed by atoms with Crippen molar-refractivity contribution in [2.45, 2.75) is 110 Å². The van der Waals surface area contributed by atoms with Gasteiger partial charge in [-0.1, -0.05) is 101 Å². The van der Waals surface area contributed by atoms with Gasteiger partial charge in [0.05, 0.1) is 0 Å². The maximum Gasteiger partial charge on any atom is 0.227 e. The Morgan fingerprint density at radius 3 is 1.97 bits per heavy atom. The molecule has 0 spiro atoms. The van der Waals surface area contributed by atoms with Crippen LogP contribution in [0, 0.1) is 0 Å². The number of carbonyl (C=O) groups is 1. The van der Waals surface area contributed by atoms with E-state index in [2.05, 4.69) is 13.1 Å². The predicted octanol–water partition coefficient (Wildman–Crippen LogP) is 7.39. The minimum Gasteiger partial charge on any atom is -0.317 e. The molecule has 0 aliphatic carbocycles. The Labute approximate surface area is 191 Å². The second kappa shape index (κ2) is 16.1. The van der Waals surface area contributed by atoms with Crippen LogP contribution in [0.2, 0.25) is 0 Å². The number of nitrogens with zero attached hydrogens (tertiary/aromatic N) is 2. The van der Waals surface area contributed by atoms with Gasteiger partial charge in [-0.2, -0.15) is 0 Å². The molecule has 4 nitrogen and oxygen atoms in total. The lowest BCUT2D eigenvalue weighted by atomic mass is 10.0. The Morgan fingerprint density at radius 2 is 1.39 bits per heavy atom. The van der Waals surface area contributed by atoms with Gasteiger partial charge < -0.3 is 4.84 Å². The number of unbranched alkanes of at least 4 members (excludes halogenated alkanes) is 13. The molecule has 0 radical (unpaired) electrons. The first-order chi connectivity index (χ1) is 15.3. The number of hydrogen-bond acceptors (Lipinski definition) is 2. The third kappa shape index (κ3) is 11.0. The van der Waals surface area contributed by atoms with Gasteiger partial charge in [-0.05, 0) is 25.0 Å². The quantitative estimate of drug-likeness (QED) is 0.177. The first-order valence-corrected chi connectivity index (χ1v) is 13.1. The normalized spacial score (nSPS) is 20.8. The minimum atomic E-state index is 0.261. The second-order valence-corrected chi connectivity index (χ2v) is 9.33. The van der Waals surface area contributed by atoms with Crippen LogP contribution >= 0.6 is 0 Å². The average Bonchev–Trinajstić information content (AvgIpc) is 3.15. The summed E-state index contributed by atoms with van der Waals surface area (Å²) in [6.45, 7) is 4.67. The summed E-state index contributed by atoms with van der Waals surface area (Å²) < 4.78 is 0.394. The zero-order valence-electron chi connectivity index (χ0n) is 20.1. The van der Waals surface area contributed by atoms with Crippen LogP contribution in [0.25, 0.3) is 0 Å². The summed E-state index contributed by atoms with van der Waals surface area (Å²) in [7, 11) is 0. The minimum absolute atomic E-state index is 0.261. The van der Waals surface area contributed by atoms with E-state index in [9.17, 15) is 4.79 Å². The lowest BCUT2D eigenvalue weighted by Crippen LogP contribution is -2.50. The van der Waals surface area contributed by atoms with E-state index in [1.807, 2.05) is 29.2 Å². The second-order valence-electron chi connectivity index (χ2n) is 9.33. The fraction of sp³-hybridized carbons (Fsp3) is 0.741. The molecule has 2 aliphatic rings.